The molecule has 2 heterocycles. The average Bonchev–Trinajstić information content (AvgIpc) is 3.22. The lowest BCUT2D eigenvalue weighted by Crippen LogP contribution is -2.38. The van der Waals surface area contributed by atoms with Gasteiger partial charge in [0, 0.05) is 17.5 Å². The third-order valence-corrected chi connectivity index (χ3v) is 6.97. The largest absolute Gasteiger partial charge is 0.395 e. The van der Waals surface area contributed by atoms with E-state index in [0.29, 0.717) is 15.9 Å². The molecule has 0 aliphatic carbocycles. The number of nitrogens with two attached hydrogens (primary N) is 1. The Morgan fingerprint density at radius 1 is 1.23 bits per heavy atom. The van der Waals surface area contributed by atoms with E-state index in [1.54, 1.807) is 0 Å². The first-order valence-electron chi connectivity index (χ1n) is 8.77. The molecule has 4 N–H and O–H groups in total. The number of rotatable bonds is 4. The molecule has 30 heavy (non-hydrogen) atoms. The summed E-state index contributed by atoms with van der Waals surface area (Å²) in [5.41, 5.74) is 5.52. The highest BCUT2D eigenvalue weighted by molar-refractivity contribution is 7.89. The SMILES string of the molecule is Nc1n[nH]c2ccc(-c3ccc(S(=O)(=O)N4CC(F)(F)CC4CO)cc3F)c(F)c12. The molecule has 1 aliphatic rings. The molecule has 1 aliphatic heterocycles. The number of nitrogen functional groups attached to an aromatic ring is 1. The van der Waals surface area contributed by atoms with Crippen molar-refractivity contribution in [3.05, 3.63) is 42.0 Å². The molecule has 12 heteroatoms. The van der Waals surface area contributed by atoms with Gasteiger partial charge in [-0.2, -0.15) is 9.40 Å². The van der Waals surface area contributed by atoms with E-state index in [2.05, 4.69) is 10.2 Å². The van der Waals surface area contributed by atoms with Gasteiger partial charge in [0.2, 0.25) is 10.0 Å². The van der Waals surface area contributed by atoms with Crippen LogP contribution in [0.1, 0.15) is 6.42 Å². The van der Waals surface area contributed by atoms with Crippen LogP contribution in [-0.4, -0.2) is 53.1 Å². The van der Waals surface area contributed by atoms with Gasteiger partial charge >= 0.3 is 0 Å². The molecule has 2 aromatic carbocycles. The topological polar surface area (TPSA) is 112 Å². The van der Waals surface area contributed by atoms with Crippen LogP contribution in [0.4, 0.5) is 23.4 Å². The van der Waals surface area contributed by atoms with Crippen LogP contribution in [-0.2, 0) is 10.0 Å². The fourth-order valence-corrected chi connectivity index (χ4v) is 5.27. The molecule has 0 bridgehead atoms. The Balaban J connectivity index is 1.76. The number of hydrogen-bond acceptors (Lipinski definition) is 5. The Morgan fingerprint density at radius 2 is 1.93 bits per heavy atom. The van der Waals surface area contributed by atoms with E-state index >= 15 is 0 Å². The number of H-pyrrole nitrogens is 1. The minimum absolute atomic E-state index is 0.0336. The summed E-state index contributed by atoms with van der Waals surface area (Å²) in [6, 6.07) is 4.09. The lowest BCUT2D eigenvalue weighted by molar-refractivity contribution is 0.0161. The second kappa shape index (κ2) is 6.93. The number of hydrogen-bond donors (Lipinski definition) is 3. The molecule has 3 aromatic rings. The molecule has 7 nitrogen and oxygen atoms in total. The Labute approximate surface area is 168 Å². The van der Waals surface area contributed by atoms with Gasteiger partial charge in [-0.3, -0.25) is 5.10 Å². The number of aromatic amines is 1. The van der Waals surface area contributed by atoms with Crippen LogP contribution in [0.3, 0.4) is 0 Å². The van der Waals surface area contributed by atoms with Crippen molar-refractivity contribution in [3.63, 3.8) is 0 Å². The van der Waals surface area contributed by atoms with Gasteiger partial charge in [0.1, 0.15) is 11.6 Å². The highest BCUT2D eigenvalue weighted by Crippen LogP contribution is 2.37. The van der Waals surface area contributed by atoms with Gasteiger partial charge in [-0.15, -0.1) is 0 Å². The van der Waals surface area contributed by atoms with Crippen LogP contribution in [0.5, 0.6) is 0 Å². The molecule has 0 amide bonds. The number of anilines is 1. The molecule has 1 atom stereocenters. The van der Waals surface area contributed by atoms with E-state index < -0.39 is 58.1 Å². The molecular weight excluding hydrogens is 428 g/mol. The van der Waals surface area contributed by atoms with Crippen LogP contribution in [0.25, 0.3) is 22.0 Å². The number of alkyl halides is 2. The van der Waals surface area contributed by atoms with Crippen molar-refractivity contribution in [1.82, 2.24) is 14.5 Å². The minimum atomic E-state index is -4.51. The summed E-state index contributed by atoms with van der Waals surface area (Å²) in [6.45, 7) is -1.91. The molecular formula is C18H16F4N4O3S. The Hall–Kier alpha value is -2.70. The standard InChI is InChI=1S/C18H16F4N4O3S/c19-13-5-10(30(28,29)26-8-18(21,22)6-9(26)7-27)1-2-11(13)12-3-4-14-15(16(12)20)17(23)25-24-14/h1-5,9,27H,6-8H2,(H3,23,24,25). The van der Waals surface area contributed by atoms with E-state index in [1.807, 2.05) is 0 Å². The van der Waals surface area contributed by atoms with E-state index in [4.69, 9.17) is 5.73 Å². The molecule has 0 saturated carbocycles. The lowest BCUT2D eigenvalue weighted by atomic mass is 10.0. The number of aromatic nitrogens is 2. The Kier molecular flexibility index (Phi) is 4.75. The Morgan fingerprint density at radius 3 is 2.60 bits per heavy atom. The van der Waals surface area contributed by atoms with Crippen LogP contribution in [0, 0.1) is 11.6 Å². The maximum absolute atomic E-state index is 14.8. The quantitative estimate of drug-likeness (QED) is 0.536. The van der Waals surface area contributed by atoms with E-state index in [-0.39, 0.29) is 22.3 Å². The summed E-state index contributed by atoms with van der Waals surface area (Å²) in [5.74, 6) is -5.33. The predicted octanol–water partition coefficient (Wildman–Crippen LogP) is 2.48. The third-order valence-electron chi connectivity index (χ3n) is 5.07. The second-order valence-electron chi connectivity index (χ2n) is 7.05. The van der Waals surface area contributed by atoms with Crippen molar-refractivity contribution in [1.29, 1.82) is 0 Å². The van der Waals surface area contributed by atoms with Crippen LogP contribution in [0.2, 0.25) is 0 Å². The van der Waals surface area contributed by atoms with Gasteiger partial charge in [-0.1, -0.05) is 0 Å². The summed E-state index contributed by atoms with van der Waals surface area (Å²) >= 11 is 0. The zero-order chi connectivity index (χ0) is 21.8. The van der Waals surface area contributed by atoms with E-state index in [9.17, 15) is 31.1 Å². The van der Waals surface area contributed by atoms with Crippen molar-refractivity contribution in [2.45, 2.75) is 23.3 Å². The third kappa shape index (κ3) is 3.20. The first-order valence-corrected chi connectivity index (χ1v) is 10.2. The van der Waals surface area contributed by atoms with Gasteiger partial charge in [-0.05, 0) is 30.3 Å². The van der Waals surface area contributed by atoms with Gasteiger partial charge in [0.25, 0.3) is 5.92 Å². The molecule has 160 valence electrons. The van der Waals surface area contributed by atoms with Crippen LogP contribution >= 0.6 is 0 Å². The minimum Gasteiger partial charge on any atom is -0.395 e. The first-order chi connectivity index (χ1) is 14.0. The number of halogens is 4. The first kappa shape index (κ1) is 20.6. The zero-order valence-corrected chi connectivity index (χ0v) is 16.1. The summed E-state index contributed by atoms with van der Waals surface area (Å²) in [5, 5.41) is 15.4. The number of nitrogens with zero attached hydrogens (tertiary/aromatic N) is 2. The van der Waals surface area contributed by atoms with Gasteiger partial charge in [0.15, 0.2) is 5.82 Å². The fourth-order valence-electron chi connectivity index (χ4n) is 3.62. The number of aliphatic hydroxyl groups is 1. The molecule has 1 aromatic heterocycles. The average molecular weight is 444 g/mol. The maximum Gasteiger partial charge on any atom is 0.263 e. The van der Waals surface area contributed by atoms with Crippen molar-refractivity contribution < 1.29 is 31.1 Å². The molecule has 1 unspecified atom stereocenters. The Bertz CT molecular complexity index is 1250. The highest BCUT2D eigenvalue weighted by atomic mass is 32.2. The van der Waals surface area contributed by atoms with Crippen molar-refractivity contribution in [2.75, 3.05) is 18.9 Å². The normalized spacial score (nSPS) is 19.6. The van der Waals surface area contributed by atoms with Crippen molar-refractivity contribution >= 4 is 26.7 Å². The second-order valence-corrected chi connectivity index (χ2v) is 8.94. The molecule has 0 spiro atoms. The fraction of sp³-hybridized carbons (Fsp3) is 0.278. The maximum atomic E-state index is 14.8. The molecule has 1 fully saturated rings. The predicted molar refractivity (Wildman–Crippen MR) is 100 cm³/mol. The van der Waals surface area contributed by atoms with E-state index in [0.717, 1.165) is 12.1 Å². The van der Waals surface area contributed by atoms with Gasteiger partial charge in [-0.25, -0.2) is 26.0 Å². The summed E-state index contributed by atoms with van der Waals surface area (Å²) in [6.07, 6.45) is -0.833. The number of benzene rings is 2. The molecule has 4 rings (SSSR count). The monoisotopic (exact) mass is 444 g/mol. The van der Waals surface area contributed by atoms with Crippen molar-refractivity contribution in [3.8, 4) is 11.1 Å². The summed E-state index contributed by atoms with van der Waals surface area (Å²) in [4.78, 5) is -0.579. The van der Waals surface area contributed by atoms with Gasteiger partial charge in [0.05, 0.1) is 35.0 Å². The smallest absolute Gasteiger partial charge is 0.263 e. The zero-order valence-electron chi connectivity index (χ0n) is 15.2. The highest BCUT2D eigenvalue weighted by Gasteiger charge is 2.49. The number of nitrogens with one attached hydrogen (secondary N) is 1. The summed E-state index contributed by atoms with van der Waals surface area (Å²) in [7, 11) is -4.51. The van der Waals surface area contributed by atoms with Crippen LogP contribution in [0.15, 0.2) is 35.2 Å². The van der Waals surface area contributed by atoms with E-state index in [1.165, 1.54) is 12.1 Å². The lowest BCUT2D eigenvalue weighted by Gasteiger charge is -2.22. The summed E-state index contributed by atoms with van der Waals surface area (Å²) < 4.78 is 82.9. The number of sulfonamides is 1. The van der Waals surface area contributed by atoms with Crippen LogP contribution < -0.4 is 5.73 Å². The number of aliphatic hydroxyl groups excluding tert-OH is 1. The molecule has 1 saturated heterocycles. The molecule has 0 radical (unpaired) electrons. The number of fused-ring (bicyclic) bond motifs is 1. The van der Waals surface area contributed by atoms with Gasteiger partial charge < -0.3 is 10.8 Å². The van der Waals surface area contributed by atoms with Crippen molar-refractivity contribution in [2.24, 2.45) is 0 Å².